The van der Waals surface area contributed by atoms with Gasteiger partial charge in [-0.25, -0.2) is 4.79 Å². The van der Waals surface area contributed by atoms with Crippen molar-refractivity contribution in [1.29, 1.82) is 0 Å². The lowest BCUT2D eigenvalue weighted by molar-refractivity contribution is -0.384. The average molecular weight is 413 g/mol. The lowest BCUT2D eigenvalue weighted by Crippen LogP contribution is -2.40. The summed E-state index contributed by atoms with van der Waals surface area (Å²) in [5.74, 6) is -0.562. The number of thioether (sulfide) groups is 1. The van der Waals surface area contributed by atoms with E-state index >= 15 is 0 Å². The van der Waals surface area contributed by atoms with Crippen LogP contribution in [-0.2, 0) is 25.5 Å². The van der Waals surface area contributed by atoms with Crippen molar-refractivity contribution in [2.45, 2.75) is 32.4 Å². The number of hydrogen-bond acceptors (Lipinski definition) is 8. The van der Waals surface area contributed by atoms with Gasteiger partial charge < -0.3 is 20.5 Å². The lowest BCUT2D eigenvalue weighted by atomic mass is 10.1. The number of nitrogens with zero attached hydrogens (tertiary/aromatic N) is 2. The molecule has 0 aliphatic carbocycles. The van der Waals surface area contributed by atoms with E-state index in [4.69, 9.17) is 15.6 Å². The summed E-state index contributed by atoms with van der Waals surface area (Å²) in [4.78, 5) is 44.0. The summed E-state index contributed by atoms with van der Waals surface area (Å²) < 4.78 is 4.76. The first-order valence-electron chi connectivity index (χ1n) is 8.40. The quantitative estimate of drug-likeness (QED) is 0.395. The number of carbonyl (C=O) groups is 3. The number of nitrogens with two attached hydrogens (primary N) is 1. The van der Waals surface area contributed by atoms with E-state index < -0.39 is 28.9 Å². The Morgan fingerprint density at radius 1 is 1.46 bits per heavy atom. The maximum Gasteiger partial charge on any atom is 0.327 e. The van der Waals surface area contributed by atoms with Gasteiger partial charge >= 0.3 is 11.9 Å². The average Bonchev–Trinajstić information content (AvgIpc) is 3.13. The van der Waals surface area contributed by atoms with Crippen LogP contribution in [-0.4, -0.2) is 63.1 Å². The Kier molecular flexibility index (Phi) is 9.39. The number of ether oxygens (including phenoxy) is 1. The number of non-ortho nitro benzene ring substituents is 1. The van der Waals surface area contributed by atoms with Gasteiger partial charge in [0, 0.05) is 24.8 Å². The molecule has 1 saturated heterocycles. The number of amides is 1. The van der Waals surface area contributed by atoms with Crippen molar-refractivity contribution < 1.29 is 29.2 Å². The van der Waals surface area contributed by atoms with E-state index in [2.05, 4.69) is 0 Å². The van der Waals surface area contributed by atoms with E-state index in [0.717, 1.165) is 0 Å². The second-order valence-corrected chi connectivity index (χ2v) is 6.83. The number of carboxylic acid groups (broad SMARTS) is 1. The number of benzene rings is 1. The molecule has 28 heavy (non-hydrogen) atoms. The molecule has 1 aromatic rings. The zero-order valence-electron chi connectivity index (χ0n) is 15.6. The number of aliphatic carboxylic acids is 1. The van der Waals surface area contributed by atoms with E-state index in [1.54, 1.807) is 19.1 Å². The number of carbonyl (C=O) groups excluding carboxylic acids is 2. The highest BCUT2D eigenvalue weighted by Gasteiger charge is 2.32. The summed E-state index contributed by atoms with van der Waals surface area (Å²) in [7, 11) is 0. The van der Waals surface area contributed by atoms with Crippen molar-refractivity contribution in [3.05, 3.63) is 39.9 Å². The molecule has 1 unspecified atom stereocenters. The zero-order valence-corrected chi connectivity index (χ0v) is 16.4. The Hall–Kier alpha value is -2.66. The van der Waals surface area contributed by atoms with Crippen LogP contribution in [0.5, 0.6) is 0 Å². The first kappa shape index (κ1) is 23.4. The van der Waals surface area contributed by atoms with Crippen LogP contribution in [0.25, 0.3) is 0 Å². The van der Waals surface area contributed by atoms with Crippen LogP contribution >= 0.6 is 11.8 Å². The predicted molar refractivity (Wildman–Crippen MR) is 103 cm³/mol. The van der Waals surface area contributed by atoms with Crippen LogP contribution < -0.4 is 5.73 Å². The smallest absolute Gasteiger partial charge is 0.327 e. The minimum Gasteiger partial charge on any atom is -0.480 e. The summed E-state index contributed by atoms with van der Waals surface area (Å²) in [5.41, 5.74) is 6.24. The molecule has 11 heteroatoms. The van der Waals surface area contributed by atoms with Crippen LogP contribution in [0, 0.1) is 10.1 Å². The second kappa shape index (κ2) is 11.2. The summed E-state index contributed by atoms with van der Waals surface area (Å²) in [6, 6.07) is 4.63. The van der Waals surface area contributed by atoms with E-state index in [9.17, 15) is 24.5 Å². The van der Waals surface area contributed by atoms with E-state index in [1.807, 2.05) is 0 Å². The Morgan fingerprint density at radius 2 is 2.14 bits per heavy atom. The molecule has 1 aliphatic heterocycles. The predicted octanol–water partition coefficient (Wildman–Crippen LogP) is 1.02. The van der Waals surface area contributed by atoms with Crippen molar-refractivity contribution in [3.63, 3.8) is 0 Å². The molecular weight excluding hydrogens is 390 g/mol. The van der Waals surface area contributed by atoms with Crippen molar-refractivity contribution in [1.82, 2.24) is 4.90 Å². The van der Waals surface area contributed by atoms with Gasteiger partial charge in [0.1, 0.15) is 12.1 Å². The van der Waals surface area contributed by atoms with Crippen molar-refractivity contribution in [3.8, 4) is 0 Å². The topological polar surface area (TPSA) is 153 Å². The van der Waals surface area contributed by atoms with Gasteiger partial charge in [-0.15, -0.1) is 11.8 Å². The second-order valence-electron chi connectivity index (χ2n) is 5.83. The summed E-state index contributed by atoms with van der Waals surface area (Å²) >= 11 is 1.47. The molecule has 0 spiro atoms. The maximum absolute atomic E-state index is 11.3. The molecule has 0 aromatic heterocycles. The van der Waals surface area contributed by atoms with Gasteiger partial charge in [0.25, 0.3) is 5.69 Å². The standard InChI is InChI=1S/C11H14N2O4.C6H9NO3S/c1-2-17-11(14)10(12)7-8-4-3-5-9(6-8)13(15)16;1-4(8)7-3-11-2-5(7)6(9)10/h3-6,10H,2,7,12H2,1H3;5H,2-3H2,1H3,(H,9,10)/t;5-/m.1/s1. The molecule has 1 amide bonds. The van der Waals surface area contributed by atoms with Gasteiger partial charge in [-0.05, 0) is 18.9 Å². The Bertz CT molecular complexity index is 708. The van der Waals surface area contributed by atoms with Crippen molar-refractivity contribution >= 4 is 35.3 Å². The number of hydrogen-bond donors (Lipinski definition) is 2. The number of nitro groups is 1. The summed E-state index contributed by atoms with van der Waals surface area (Å²) in [6.07, 6.45) is 0.223. The van der Waals surface area contributed by atoms with Gasteiger partial charge in [-0.2, -0.15) is 0 Å². The first-order chi connectivity index (χ1) is 13.2. The fourth-order valence-corrected chi connectivity index (χ4v) is 3.55. The number of esters is 1. The van der Waals surface area contributed by atoms with Crippen LogP contribution in [0.1, 0.15) is 19.4 Å². The third-order valence-corrected chi connectivity index (χ3v) is 4.75. The van der Waals surface area contributed by atoms with Crippen LogP contribution in [0.3, 0.4) is 0 Å². The third-order valence-electron chi connectivity index (χ3n) is 3.74. The molecule has 10 nitrogen and oxygen atoms in total. The monoisotopic (exact) mass is 413 g/mol. The third kappa shape index (κ3) is 7.16. The highest BCUT2D eigenvalue weighted by atomic mass is 32.2. The summed E-state index contributed by atoms with van der Waals surface area (Å²) in [6.45, 7) is 3.35. The van der Waals surface area contributed by atoms with Crippen molar-refractivity contribution in [2.75, 3.05) is 18.2 Å². The van der Waals surface area contributed by atoms with E-state index in [1.165, 1.54) is 35.7 Å². The molecule has 1 fully saturated rings. The molecule has 0 radical (unpaired) electrons. The van der Waals surface area contributed by atoms with Crippen molar-refractivity contribution in [2.24, 2.45) is 5.73 Å². The number of carboxylic acids is 1. The number of nitro benzene ring substituents is 1. The molecule has 1 aromatic carbocycles. The SMILES string of the molecule is CC(=O)N1CSC[C@@H]1C(=O)O.CCOC(=O)C(N)Cc1cccc([N+](=O)[O-])c1. The van der Waals surface area contributed by atoms with Gasteiger partial charge in [0.2, 0.25) is 5.91 Å². The minimum absolute atomic E-state index is 0.0152. The van der Waals surface area contributed by atoms with Crippen LogP contribution in [0.15, 0.2) is 24.3 Å². The highest BCUT2D eigenvalue weighted by Crippen LogP contribution is 2.20. The molecule has 1 aliphatic rings. The molecule has 0 saturated carbocycles. The lowest BCUT2D eigenvalue weighted by Gasteiger charge is -2.17. The van der Waals surface area contributed by atoms with E-state index in [-0.39, 0.29) is 24.6 Å². The Balaban J connectivity index is 0.000000307. The first-order valence-corrected chi connectivity index (χ1v) is 9.56. The Morgan fingerprint density at radius 3 is 2.64 bits per heavy atom. The normalized spacial score (nSPS) is 16.5. The maximum atomic E-state index is 11.3. The van der Waals surface area contributed by atoms with Gasteiger partial charge in [-0.1, -0.05) is 12.1 Å². The molecule has 3 N–H and O–H groups in total. The van der Waals surface area contributed by atoms with Gasteiger partial charge in [-0.3, -0.25) is 19.7 Å². The molecule has 0 bridgehead atoms. The molecule has 2 rings (SSSR count). The molecule has 2 atom stereocenters. The van der Waals surface area contributed by atoms with Gasteiger partial charge in [0.15, 0.2) is 0 Å². The van der Waals surface area contributed by atoms with E-state index in [0.29, 0.717) is 17.2 Å². The Labute approximate surface area is 166 Å². The highest BCUT2D eigenvalue weighted by molar-refractivity contribution is 7.99. The summed E-state index contributed by atoms with van der Waals surface area (Å²) in [5, 5.41) is 19.2. The molecule has 154 valence electrons. The van der Waals surface area contributed by atoms with Crippen LogP contribution in [0.4, 0.5) is 5.69 Å². The fraction of sp³-hybridized carbons (Fsp3) is 0.471. The molecule has 1 heterocycles. The van der Waals surface area contributed by atoms with Crippen LogP contribution in [0.2, 0.25) is 0 Å². The van der Waals surface area contributed by atoms with Gasteiger partial charge in [0.05, 0.1) is 17.4 Å². The fourth-order valence-electron chi connectivity index (χ4n) is 2.34. The molecular formula is C17H23N3O7S. The zero-order chi connectivity index (χ0) is 21.3. The number of rotatable bonds is 6. The largest absolute Gasteiger partial charge is 0.480 e. The minimum atomic E-state index is -0.912.